The zero-order valence-electron chi connectivity index (χ0n) is 18.5. The maximum absolute atomic E-state index is 13.2. The topological polar surface area (TPSA) is 42.3 Å². The van der Waals surface area contributed by atoms with E-state index in [9.17, 15) is 22.8 Å². The van der Waals surface area contributed by atoms with E-state index in [0.29, 0.717) is 46.6 Å². The van der Waals surface area contributed by atoms with Crippen molar-refractivity contribution in [2.24, 2.45) is 5.92 Å². The Morgan fingerprint density at radius 1 is 1.06 bits per heavy atom. The summed E-state index contributed by atoms with van der Waals surface area (Å²) in [5.41, 5.74) is 0.748. The number of halogens is 5. The van der Waals surface area contributed by atoms with Gasteiger partial charge in [-0.2, -0.15) is 13.2 Å². The minimum atomic E-state index is -4.42. The van der Waals surface area contributed by atoms with Gasteiger partial charge in [-0.1, -0.05) is 23.2 Å². The maximum Gasteiger partial charge on any atom is 0.416 e. The average molecular weight is 511 g/mol. The Balaban J connectivity index is 1.57. The molecule has 4 rings (SSSR count). The first-order valence-corrected chi connectivity index (χ1v) is 11.7. The summed E-state index contributed by atoms with van der Waals surface area (Å²) in [6, 6.07) is 8.38. The monoisotopic (exact) mass is 510 g/mol. The van der Waals surface area contributed by atoms with Crippen LogP contribution in [-0.2, 0) is 17.5 Å². The SMILES string of the molecule is CC(=O)CC1CCN(C(=O)c2ccc(Cl)c(Cn3ccc4cc(C(F)(F)F)ccc43)c2Cl)CC1. The van der Waals surface area contributed by atoms with E-state index in [-0.39, 0.29) is 29.2 Å². The molecule has 1 aliphatic heterocycles. The van der Waals surface area contributed by atoms with Crippen molar-refractivity contribution in [2.75, 3.05) is 13.1 Å². The van der Waals surface area contributed by atoms with Crippen LogP contribution in [0.4, 0.5) is 13.2 Å². The fourth-order valence-electron chi connectivity index (χ4n) is 4.51. The molecule has 0 saturated carbocycles. The van der Waals surface area contributed by atoms with Crippen LogP contribution < -0.4 is 0 Å². The quantitative estimate of drug-likeness (QED) is 0.376. The normalized spacial score (nSPS) is 15.2. The van der Waals surface area contributed by atoms with E-state index < -0.39 is 11.7 Å². The highest BCUT2D eigenvalue weighted by molar-refractivity contribution is 6.38. The van der Waals surface area contributed by atoms with Crippen LogP contribution in [0.3, 0.4) is 0 Å². The largest absolute Gasteiger partial charge is 0.416 e. The van der Waals surface area contributed by atoms with Crippen molar-refractivity contribution in [3.8, 4) is 0 Å². The molecule has 34 heavy (non-hydrogen) atoms. The van der Waals surface area contributed by atoms with Gasteiger partial charge in [0.25, 0.3) is 5.91 Å². The van der Waals surface area contributed by atoms with E-state index in [1.54, 1.807) is 40.8 Å². The van der Waals surface area contributed by atoms with Gasteiger partial charge in [-0.15, -0.1) is 0 Å². The number of ketones is 1. The van der Waals surface area contributed by atoms with Crippen molar-refractivity contribution in [2.45, 2.75) is 38.9 Å². The number of hydrogen-bond acceptors (Lipinski definition) is 2. The summed E-state index contributed by atoms with van der Waals surface area (Å²) >= 11 is 13.0. The molecule has 1 aliphatic rings. The molecular formula is C25H23Cl2F3N2O2. The molecule has 0 spiro atoms. The minimum Gasteiger partial charge on any atom is -0.343 e. The average Bonchev–Trinajstić information content (AvgIpc) is 3.18. The number of aromatic nitrogens is 1. The van der Waals surface area contributed by atoms with E-state index in [2.05, 4.69) is 0 Å². The lowest BCUT2D eigenvalue weighted by Gasteiger charge is -2.32. The van der Waals surface area contributed by atoms with Gasteiger partial charge in [0.15, 0.2) is 0 Å². The van der Waals surface area contributed by atoms with Gasteiger partial charge in [0.2, 0.25) is 0 Å². The standard InChI is InChI=1S/C25H23Cl2F3N2O2/c1-15(33)12-16-6-9-31(10-7-16)24(34)19-3-4-21(26)20(23(19)27)14-32-11-8-17-13-18(25(28,29)30)2-5-22(17)32/h2-5,8,11,13,16H,6-7,9-10,12,14H2,1H3. The second-order valence-corrected chi connectivity index (χ2v) is 9.53. The summed E-state index contributed by atoms with van der Waals surface area (Å²) < 4.78 is 40.9. The lowest BCUT2D eigenvalue weighted by molar-refractivity contribution is -0.137. The van der Waals surface area contributed by atoms with E-state index in [0.717, 1.165) is 25.0 Å². The lowest BCUT2D eigenvalue weighted by atomic mass is 9.91. The summed E-state index contributed by atoms with van der Waals surface area (Å²) in [6.07, 6.45) is -0.690. The molecule has 2 heterocycles. The molecule has 0 bridgehead atoms. The number of likely N-dealkylation sites (tertiary alicyclic amines) is 1. The molecule has 0 N–H and O–H groups in total. The highest BCUT2D eigenvalue weighted by Crippen LogP contribution is 2.34. The third-order valence-corrected chi connectivity index (χ3v) is 7.11. The molecule has 1 amide bonds. The zero-order valence-corrected chi connectivity index (χ0v) is 20.0. The van der Waals surface area contributed by atoms with Crippen molar-refractivity contribution >= 4 is 45.8 Å². The summed E-state index contributed by atoms with van der Waals surface area (Å²) in [5.74, 6) is 0.247. The van der Waals surface area contributed by atoms with Crippen LogP contribution >= 0.6 is 23.2 Å². The molecule has 2 aromatic carbocycles. The van der Waals surface area contributed by atoms with Gasteiger partial charge < -0.3 is 14.3 Å². The molecule has 3 aromatic rings. The van der Waals surface area contributed by atoms with Crippen LogP contribution in [0.2, 0.25) is 10.0 Å². The number of Topliss-reactive ketones (excluding diaryl/α,β-unsaturated/α-hetero) is 1. The lowest BCUT2D eigenvalue weighted by Crippen LogP contribution is -2.39. The van der Waals surface area contributed by atoms with Gasteiger partial charge in [-0.05, 0) is 62.1 Å². The molecule has 4 nitrogen and oxygen atoms in total. The zero-order chi connectivity index (χ0) is 24.6. The molecule has 0 unspecified atom stereocenters. The summed E-state index contributed by atoms with van der Waals surface area (Å²) in [5, 5.41) is 1.05. The Morgan fingerprint density at radius 3 is 2.41 bits per heavy atom. The van der Waals surface area contributed by atoms with Crippen LogP contribution in [0.25, 0.3) is 10.9 Å². The van der Waals surface area contributed by atoms with Gasteiger partial charge in [0, 0.05) is 47.2 Å². The Kier molecular flexibility index (Phi) is 6.97. The van der Waals surface area contributed by atoms with Gasteiger partial charge in [-0.3, -0.25) is 4.79 Å². The Bertz CT molecular complexity index is 1240. The molecule has 1 aromatic heterocycles. The molecule has 1 fully saturated rings. The number of nitrogens with zero attached hydrogens (tertiary/aromatic N) is 2. The van der Waals surface area contributed by atoms with Crippen molar-refractivity contribution in [1.29, 1.82) is 0 Å². The second kappa shape index (κ2) is 9.62. The number of piperidine rings is 1. The van der Waals surface area contributed by atoms with Crippen LogP contribution in [0.1, 0.15) is 47.7 Å². The first kappa shape index (κ1) is 24.6. The second-order valence-electron chi connectivity index (χ2n) is 8.74. The van der Waals surface area contributed by atoms with E-state index >= 15 is 0 Å². The summed E-state index contributed by atoms with van der Waals surface area (Å²) in [4.78, 5) is 26.3. The fourth-order valence-corrected chi connectivity index (χ4v) is 5.08. The van der Waals surface area contributed by atoms with Crippen LogP contribution in [0, 0.1) is 5.92 Å². The molecule has 0 aliphatic carbocycles. The van der Waals surface area contributed by atoms with Crippen molar-refractivity contribution in [3.05, 3.63) is 69.3 Å². The fraction of sp³-hybridized carbons (Fsp3) is 0.360. The predicted octanol–water partition coefficient (Wildman–Crippen LogP) is 6.85. The number of carbonyl (C=O) groups excluding carboxylic acids is 2. The Morgan fingerprint density at radius 2 is 1.76 bits per heavy atom. The molecule has 0 atom stereocenters. The number of rotatable bonds is 5. The number of hydrogen-bond donors (Lipinski definition) is 0. The van der Waals surface area contributed by atoms with Gasteiger partial charge in [0.05, 0.1) is 22.7 Å². The summed E-state index contributed by atoms with van der Waals surface area (Å²) in [7, 11) is 0. The predicted molar refractivity (Wildman–Crippen MR) is 126 cm³/mol. The molecular weight excluding hydrogens is 488 g/mol. The third-order valence-electron chi connectivity index (χ3n) is 6.32. The van der Waals surface area contributed by atoms with Gasteiger partial charge >= 0.3 is 6.18 Å². The molecule has 9 heteroatoms. The van der Waals surface area contributed by atoms with Gasteiger partial charge in [-0.25, -0.2) is 0 Å². The van der Waals surface area contributed by atoms with Crippen molar-refractivity contribution in [1.82, 2.24) is 9.47 Å². The number of alkyl halides is 3. The maximum atomic E-state index is 13.2. The molecule has 0 radical (unpaired) electrons. The Labute approximate surface area is 205 Å². The first-order chi connectivity index (χ1) is 16.0. The highest BCUT2D eigenvalue weighted by Gasteiger charge is 2.31. The number of carbonyl (C=O) groups is 2. The van der Waals surface area contributed by atoms with E-state index in [1.807, 2.05) is 0 Å². The van der Waals surface area contributed by atoms with Crippen LogP contribution in [0.15, 0.2) is 42.6 Å². The van der Waals surface area contributed by atoms with Crippen LogP contribution in [0.5, 0.6) is 0 Å². The van der Waals surface area contributed by atoms with Gasteiger partial charge in [0.1, 0.15) is 5.78 Å². The first-order valence-electron chi connectivity index (χ1n) is 11.0. The molecule has 1 saturated heterocycles. The Hall–Kier alpha value is -2.51. The summed E-state index contributed by atoms with van der Waals surface area (Å²) in [6.45, 7) is 2.88. The van der Waals surface area contributed by atoms with Crippen LogP contribution in [-0.4, -0.2) is 34.2 Å². The third kappa shape index (κ3) is 5.10. The minimum absolute atomic E-state index is 0.155. The highest BCUT2D eigenvalue weighted by atomic mass is 35.5. The number of fused-ring (bicyclic) bond motifs is 1. The van der Waals surface area contributed by atoms with Crippen molar-refractivity contribution < 1.29 is 22.8 Å². The molecule has 180 valence electrons. The smallest absolute Gasteiger partial charge is 0.343 e. The number of benzene rings is 2. The van der Waals surface area contributed by atoms with E-state index in [1.165, 1.54) is 6.07 Å². The number of amides is 1. The van der Waals surface area contributed by atoms with E-state index in [4.69, 9.17) is 23.2 Å². The van der Waals surface area contributed by atoms with Crippen molar-refractivity contribution in [3.63, 3.8) is 0 Å².